The first kappa shape index (κ1) is 13.6. The fourth-order valence-corrected chi connectivity index (χ4v) is 3.81. The zero-order valence-corrected chi connectivity index (χ0v) is 12.7. The lowest BCUT2D eigenvalue weighted by atomic mass is 9.86. The molecule has 2 aromatic rings. The third kappa shape index (κ3) is 2.06. The number of aromatic amines is 1. The Morgan fingerprint density at radius 3 is 3.09 bits per heavy atom. The summed E-state index contributed by atoms with van der Waals surface area (Å²) in [5.74, 6) is 0.757. The summed E-state index contributed by atoms with van der Waals surface area (Å²) in [6.45, 7) is 2.78. The lowest BCUT2D eigenvalue weighted by molar-refractivity contribution is 0.0252. The predicted octanol–water partition coefficient (Wildman–Crippen LogP) is 1.31. The standard InChI is InChI=1S/C16H21N5O/c1-20-8-10-3-2-6-21(9-14(10)20)16(22)15-12-7-11(17)4-5-13(12)18-19-15/h4-5,7,10,14H,2-3,6,8-9,17H2,1H3,(H,18,19). The maximum absolute atomic E-state index is 12.9. The number of nitrogen functional groups attached to an aromatic ring is 1. The van der Waals surface area contributed by atoms with Crippen LogP contribution in [0.1, 0.15) is 23.3 Å². The van der Waals surface area contributed by atoms with Gasteiger partial charge in [0.2, 0.25) is 0 Å². The summed E-state index contributed by atoms with van der Waals surface area (Å²) in [4.78, 5) is 17.2. The molecule has 0 bridgehead atoms. The number of benzene rings is 1. The monoisotopic (exact) mass is 299 g/mol. The van der Waals surface area contributed by atoms with Gasteiger partial charge in [0.05, 0.1) is 5.52 Å². The molecule has 2 fully saturated rings. The summed E-state index contributed by atoms with van der Waals surface area (Å²) in [7, 11) is 2.14. The highest BCUT2D eigenvalue weighted by atomic mass is 16.2. The van der Waals surface area contributed by atoms with E-state index in [2.05, 4.69) is 22.1 Å². The molecule has 2 saturated heterocycles. The minimum absolute atomic E-state index is 0.0119. The van der Waals surface area contributed by atoms with Gasteiger partial charge in [0.25, 0.3) is 5.91 Å². The fourth-order valence-electron chi connectivity index (χ4n) is 3.81. The lowest BCUT2D eigenvalue weighted by Gasteiger charge is -2.46. The number of fused-ring (bicyclic) bond motifs is 2. The van der Waals surface area contributed by atoms with E-state index in [0.29, 0.717) is 17.4 Å². The molecule has 2 aliphatic rings. The van der Waals surface area contributed by atoms with Crippen molar-refractivity contribution in [3.05, 3.63) is 23.9 Å². The molecular weight excluding hydrogens is 278 g/mol. The third-order valence-corrected chi connectivity index (χ3v) is 5.12. The molecule has 1 aromatic carbocycles. The van der Waals surface area contributed by atoms with E-state index in [0.717, 1.165) is 42.9 Å². The van der Waals surface area contributed by atoms with Crippen molar-refractivity contribution >= 4 is 22.5 Å². The van der Waals surface area contributed by atoms with Crippen LogP contribution in [0.25, 0.3) is 10.9 Å². The van der Waals surface area contributed by atoms with Gasteiger partial charge in [-0.1, -0.05) is 0 Å². The van der Waals surface area contributed by atoms with E-state index in [1.807, 2.05) is 23.1 Å². The van der Waals surface area contributed by atoms with Gasteiger partial charge in [-0.25, -0.2) is 0 Å². The maximum atomic E-state index is 12.9. The molecule has 0 radical (unpaired) electrons. The molecular formula is C16H21N5O. The number of likely N-dealkylation sites (tertiary alicyclic amines) is 2. The average Bonchev–Trinajstić information content (AvgIpc) is 2.82. The van der Waals surface area contributed by atoms with Crippen molar-refractivity contribution in [2.45, 2.75) is 18.9 Å². The SMILES string of the molecule is CN1CC2CCCN(C(=O)c3n[nH]c4ccc(N)cc34)CC21. The highest BCUT2D eigenvalue weighted by molar-refractivity contribution is 6.05. The number of carbonyl (C=O) groups is 1. The first-order valence-corrected chi connectivity index (χ1v) is 7.86. The number of nitrogens with zero attached hydrogens (tertiary/aromatic N) is 3. The highest BCUT2D eigenvalue weighted by Crippen LogP contribution is 2.31. The van der Waals surface area contributed by atoms with E-state index in [-0.39, 0.29) is 5.91 Å². The molecule has 22 heavy (non-hydrogen) atoms. The Morgan fingerprint density at radius 1 is 1.41 bits per heavy atom. The zero-order valence-electron chi connectivity index (χ0n) is 12.7. The number of H-pyrrole nitrogens is 1. The number of nitrogens with two attached hydrogens (primary N) is 1. The van der Waals surface area contributed by atoms with Gasteiger partial charge in [0.15, 0.2) is 5.69 Å². The summed E-state index contributed by atoms with van der Waals surface area (Å²) >= 11 is 0. The number of amides is 1. The molecule has 4 rings (SSSR count). The van der Waals surface area contributed by atoms with Crippen LogP contribution in [0.3, 0.4) is 0 Å². The Bertz CT molecular complexity index is 724. The van der Waals surface area contributed by atoms with Crippen LogP contribution in [0, 0.1) is 5.92 Å². The van der Waals surface area contributed by atoms with Crippen LogP contribution in [-0.4, -0.2) is 58.6 Å². The van der Waals surface area contributed by atoms with Gasteiger partial charge in [0.1, 0.15) is 0 Å². The van der Waals surface area contributed by atoms with Crippen molar-refractivity contribution < 1.29 is 4.79 Å². The molecule has 2 unspecified atom stereocenters. The summed E-state index contributed by atoms with van der Waals surface area (Å²) < 4.78 is 0. The second kappa shape index (κ2) is 4.98. The number of hydrogen-bond donors (Lipinski definition) is 2. The van der Waals surface area contributed by atoms with Crippen LogP contribution in [0.15, 0.2) is 18.2 Å². The Balaban J connectivity index is 1.63. The maximum Gasteiger partial charge on any atom is 0.275 e. The number of hydrogen-bond acceptors (Lipinski definition) is 4. The minimum atomic E-state index is 0.0119. The van der Waals surface area contributed by atoms with Crippen molar-refractivity contribution in [1.82, 2.24) is 20.0 Å². The fraction of sp³-hybridized carbons (Fsp3) is 0.500. The Kier molecular flexibility index (Phi) is 3.07. The van der Waals surface area contributed by atoms with Gasteiger partial charge in [-0.3, -0.25) is 9.89 Å². The molecule has 3 heterocycles. The molecule has 0 spiro atoms. The summed E-state index contributed by atoms with van der Waals surface area (Å²) in [5, 5.41) is 7.98. The molecule has 6 nitrogen and oxygen atoms in total. The molecule has 116 valence electrons. The number of likely N-dealkylation sites (N-methyl/N-ethyl adjacent to an activating group) is 1. The minimum Gasteiger partial charge on any atom is -0.399 e. The normalized spacial score (nSPS) is 25.6. The van der Waals surface area contributed by atoms with Crippen molar-refractivity contribution in [2.24, 2.45) is 5.92 Å². The molecule has 0 saturated carbocycles. The number of anilines is 1. The second-order valence-electron chi connectivity index (χ2n) is 6.54. The van der Waals surface area contributed by atoms with Crippen molar-refractivity contribution in [1.29, 1.82) is 0 Å². The highest BCUT2D eigenvalue weighted by Gasteiger charge is 2.40. The molecule has 3 N–H and O–H groups in total. The van der Waals surface area contributed by atoms with E-state index < -0.39 is 0 Å². The van der Waals surface area contributed by atoms with Crippen LogP contribution >= 0.6 is 0 Å². The topological polar surface area (TPSA) is 78.2 Å². The van der Waals surface area contributed by atoms with E-state index in [1.54, 1.807) is 0 Å². The lowest BCUT2D eigenvalue weighted by Crippen LogP contribution is -2.57. The molecule has 1 amide bonds. The van der Waals surface area contributed by atoms with Crippen LogP contribution in [0.2, 0.25) is 0 Å². The van der Waals surface area contributed by atoms with Crippen molar-refractivity contribution in [3.63, 3.8) is 0 Å². The van der Waals surface area contributed by atoms with Gasteiger partial charge in [-0.05, 0) is 44.0 Å². The Hall–Kier alpha value is -2.08. The van der Waals surface area contributed by atoms with Crippen molar-refractivity contribution in [3.8, 4) is 0 Å². The average molecular weight is 299 g/mol. The molecule has 1 aromatic heterocycles. The molecule has 6 heteroatoms. The van der Waals surface area contributed by atoms with E-state index >= 15 is 0 Å². The van der Waals surface area contributed by atoms with Gasteiger partial charge in [-0.2, -0.15) is 5.10 Å². The summed E-state index contributed by atoms with van der Waals surface area (Å²) in [6.07, 6.45) is 2.29. The number of carbonyl (C=O) groups excluding carboxylic acids is 1. The van der Waals surface area contributed by atoms with Crippen LogP contribution in [0.5, 0.6) is 0 Å². The number of rotatable bonds is 1. The van der Waals surface area contributed by atoms with Crippen LogP contribution < -0.4 is 5.73 Å². The molecule has 2 aliphatic heterocycles. The Morgan fingerprint density at radius 2 is 2.27 bits per heavy atom. The van der Waals surface area contributed by atoms with Crippen molar-refractivity contribution in [2.75, 3.05) is 32.4 Å². The first-order valence-electron chi connectivity index (χ1n) is 7.86. The summed E-state index contributed by atoms with van der Waals surface area (Å²) in [6, 6.07) is 6.00. The second-order valence-corrected chi connectivity index (χ2v) is 6.54. The van der Waals surface area contributed by atoms with Gasteiger partial charge >= 0.3 is 0 Å². The summed E-state index contributed by atoms with van der Waals surface area (Å²) in [5.41, 5.74) is 7.84. The third-order valence-electron chi connectivity index (χ3n) is 5.12. The Labute approximate surface area is 129 Å². The predicted molar refractivity (Wildman–Crippen MR) is 85.6 cm³/mol. The van der Waals surface area contributed by atoms with Crippen LogP contribution in [-0.2, 0) is 0 Å². The number of nitrogens with one attached hydrogen (secondary N) is 1. The van der Waals surface area contributed by atoms with E-state index in [1.165, 1.54) is 6.42 Å². The van der Waals surface area contributed by atoms with Gasteiger partial charge < -0.3 is 15.5 Å². The smallest absolute Gasteiger partial charge is 0.275 e. The van der Waals surface area contributed by atoms with E-state index in [9.17, 15) is 4.79 Å². The first-order chi connectivity index (χ1) is 10.6. The van der Waals surface area contributed by atoms with Crippen LogP contribution in [0.4, 0.5) is 5.69 Å². The zero-order chi connectivity index (χ0) is 15.3. The largest absolute Gasteiger partial charge is 0.399 e. The van der Waals surface area contributed by atoms with Gasteiger partial charge in [-0.15, -0.1) is 0 Å². The quantitative estimate of drug-likeness (QED) is 0.778. The number of aromatic nitrogens is 2. The van der Waals surface area contributed by atoms with Gasteiger partial charge in [0, 0.05) is 36.7 Å². The molecule has 2 atom stereocenters. The van der Waals surface area contributed by atoms with E-state index in [4.69, 9.17) is 5.73 Å². The molecule has 0 aliphatic carbocycles.